The van der Waals surface area contributed by atoms with Crippen LogP contribution in [0.4, 0.5) is 0 Å². The van der Waals surface area contributed by atoms with E-state index in [1.54, 1.807) is 18.2 Å². The van der Waals surface area contributed by atoms with Crippen LogP contribution in [0.25, 0.3) is 0 Å². The van der Waals surface area contributed by atoms with Crippen LogP contribution >= 0.6 is 23.2 Å². The summed E-state index contributed by atoms with van der Waals surface area (Å²) in [5.74, 6) is -0.132. The number of hydrogen-bond donors (Lipinski definition) is 1. The lowest BCUT2D eigenvalue weighted by molar-refractivity contribution is 0.0936. The predicted octanol–water partition coefficient (Wildman–Crippen LogP) is 3.90. The van der Waals surface area contributed by atoms with Crippen LogP contribution in [0.1, 0.15) is 34.9 Å². The summed E-state index contributed by atoms with van der Waals surface area (Å²) in [6.45, 7) is 2.70. The van der Waals surface area contributed by atoms with E-state index in [4.69, 9.17) is 23.2 Å². The number of nitrogens with zero attached hydrogens (tertiary/aromatic N) is 2. The second-order valence-electron chi connectivity index (χ2n) is 6.14. The normalized spacial score (nSPS) is 16.3. The van der Waals surface area contributed by atoms with Crippen molar-refractivity contribution in [2.75, 3.05) is 19.6 Å². The summed E-state index contributed by atoms with van der Waals surface area (Å²) in [5.41, 5.74) is 1.74. The molecule has 1 saturated heterocycles. The van der Waals surface area contributed by atoms with Crippen molar-refractivity contribution in [3.8, 4) is 0 Å². The van der Waals surface area contributed by atoms with Crippen LogP contribution in [-0.4, -0.2) is 35.0 Å². The van der Waals surface area contributed by atoms with Crippen molar-refractivity contribution >= 4 is 29.1 Å². The molecule has 0 radical (unpaired) electrons. The quantitative estimate of drug-likeness (QED) is 0.872. The number of aryl methyl sites for hydroxylation is 1. The lowest BCUT2D eigenvalue weighted by Crippen LogP contribution is -2.37. The van der Waals surface area contributed by atoms with Gasteiger partial charge in [-0.2, -0.15) is 0 Å². The van der Waals surface area contributed by atoms with Crippen molar-refractivity contribution in [2.24, 2.45) is 7.05 Å². The maximum atomic E-state index is 12.4. The van der Waals surface area contributed by atoms with Gasteiger partial charge in [0.2, 0.25) is 0 Å². The highest BCUT2D eigenvalue weighted by atomic mass is 35.5. The Morgan fingerprint density at radius 1 is 1.21 bits per heavy atom. The Balaban J connectivity index is 1.72. The number of hydrogen-bond acceptors (Lipinski definition) is 2. The number of nitrogens with one attached hydrogen (secondary N) is 1. The van der Waals surface area contributed by atoms with Gasteiger partial charge < -0.3 is 9.88 Å². The number of carbonyl (C=O) groups excluding carboxylic acids is 1. The molecule has 2 heterocycles. The predicted molar refractivity (Wildman–Crippen MR) is 97.8 cm³/mol. The first-order valence-electron chi connectivity index (χ1n) is 8.15. The zero-order valence-corrected chi connectivity index (χ0v) is 15.1. The molecule has 128 valence electrons. The number of halogens is 2. The molecule has 0 saturated carbocycles. The van der Waals surface area contributed by atoms with E-state index in [9.17, 15) is 4.79 Å². The van der Waals surface area contributed by atoms with Gasteiger partial charge in [-0.15, -0.1) is 0 Å². The summed E-state index contributed by atoms with van der Waals surface area (Å²) in [4.78, 5) is 14.9. The summed E-state index contributed by atoms with van der Waals surface area (Å²) >= 11 is 11.9. The number of carbonyl (C=O) groups is 1. The van der Waals surface area contributed by atoms with E-state index in [1.807, 2.05) is 19.3 Å². The molecule has 1 aromatic heterocycles. The molecule has 1 aromatic carbocycles. The summed E-state index contributed by atoms with van der Waals surface area (Å²) in [5, 5.41) is 3.88. The maximum absolute atomic E-state index is 12.4. The van der Waals surface area contributed by atoms with Crippen LogP contribution in [0.3, 0.4) is 0 Å². The number of likely N-dealkylation sites (tertiary alicyclic amines) is 1. The zero-order valence-electron chi connectivity index (χ0n) is 13.6. The van der Waals surface area contributed by atoms with Gasteiger partial charge in [0, 0.05) is 31.0 Å². The minimum Gasteiger partial charge on any atom is -0.353 e. The van der Waals surface area contributed by atoms with E-state index in [2.05, 4.69) is 20.9 Å². The van der Waals surface area contributed by atoms with E-state index in [0.717, 1.165) is 13.1 Å². The molecule has 0 unspecified atom stereocenters. The van der Waals surface area contributed by atoms with E-state index in [1.165, 1.54) is 18.5 Å². The van der Waals surface area contributed by atoms with Crippen LogP contribution in [0.2, 0.25) is 10.0 Å². The summed E-state index contributed by atoms with van der Waals surface area (Å²) in [6, 6.07) is 9.28. The van der Waals surface area contributed by atoms with Crippen molar-refractivity contribution < 1.29 is 4.79 Å². The van der Waals surface area contributed by atoms with E-state index in [0.29, 0.717) is 22.2 Å². The highest BCUT2D eigenvalue weighted by molar-refractivity contribution is 6.42. The Morgan fingerprint density at radius 2 is 1.96 bits per heavy atom. The summed E-state index contributed by atoms with van der Waals surface area (Å²) in [7, 11) is 2.04. The molecule has 3 rings (SSSR count). The van der Waals surface area contributed by atoms with Crippen LogP contribution < -0.4 is 5.32 Å². The first-order chi connectivity index (χ1) is 11.6. The third-order valence-electron chi connectivity index (χ3n) is 4.54. The lowest BCUT2D eigenvalue weighted by atomic mass is 10.1. The van der Waals surface area contributed by atoms with Gasteiger partial charge in [0.1, 0.15) is 0 Å². The topological polar surface area (TPSA) is 37.3 Å². The van der Waals surface area contributed by atoms with Gasteiger partial charge in [0.25, 0.3) is 5.91 Å². The fourth-order valence-corrected chi connectivity index (χ4v) is 3.52. The number of aromatic nitrogens is 1. The van der Waals surface area contributed by atoms with Gasteiger partial charge in [0.15, 0.2) is 0 Å². The first kappa shape index (κ1) is 17.3. The van der Waals surface area contributed by atoms with Gasteiger partial charge in [0.05, 0.1) is 16.1 Å². The minimum absolute atomic E-state index is 0.132. The third kappa shape index (κ3) is 3.77. The molecule has 6 heteroatoms. The van der Waals surface area contributed by atoms with Gasteiger partial charge in [-0.3, -0.25) is 9.69 Å². The van der Waals surface area contributed by atoms with Crippen LogP contribution in [0, 0.1) is 0 Å². The molecule has 24 heavy (non-hydrogen) atoms. The molecule has 1 N–H and O–H groups in total. The molecular weight excluding hydrogens is 345 g/mol. The Hall–Kier alpha value is -1.49. The maximum Gasteiger partial charge on any atom is 0.251 e. The van der Waals surface area contributed by atoms with Crippen LogP contribution in [-0.2, 0) is 7.05 Å². The SMILES string of the molecule is Cn1cccc1[C@@H](CNC(=O)c1ccc(Cl)c(Cl)c1)N1CCCC1. The Labute approximate surface area is 152 Å². The molecule has 4 nitrogen and oxygen atoms in total. The largest absolute Gasteiger partial charge is 0.353 e. The summed E-state index contributed by atoms with van der Waals surface area (Å²) in [6.07, 6.45) is 4.46. The van der Waals surface area contributed by atoms with Crippen molar-refractivity contribution in [1.82, 2.24) is 14.8 Å². The molecule has 1 fully saturated rings. The second-order valence-corrected chi connectivity index (χ2v) is 6.96. The van der Waals surface area contributed by atoms with Crippen LogP contribution in [0.5, 0.6) is 0 Å². The fraction of sp³-hybridized carbons (Fsp3) is 0.389. The third-order valence-corrected chi connectivity index (χ3v) is 5.28. The second kappa shape index (κ2) is 7.60. The van der Waals surface area contributed by atoms with Crippen molar-refractivity contribution in [3.63, 3.8) is 0 Å². The van der Waals surface area contributed by atoms with E-state index >= 15 is 0 Å². The van der Waals surface area contributed by atoms with Gasteiger partial charge >= 0.3 is 0 Å². The standard InChI is InChI=1S/C18H21Cl2N3O/c1-22-8-4-5-16(22)17(23-9-2-3-10-23)12-21-18(24)13-6-7-14(19)15(20)11-13/h4-8,11,17H,2-3,9-10,12H2,1H3,(H,21,24)/t17-/m1/s1. The average molecular weight is 366 g/mol. The Bertz CT molecular complexity index is 723. The highest BCUT2D eigenvalue weighted by Gasteiger charge is 2.25. The molecule has 1 amide bonds. The number of benzene rings is 1. The Morgan fingerprint density at radius 3 is 2.58 bits per heavy atom. The molecule has 1 aliphatic rings. The summed E-state index contributed by atoms with van der Waals surface area (Å²) < 4.78 is 2.12. The number of rotatable bonds is 5. The molecule has 0 aliphatic carbocycles. The van der Waals surface area contributed by atoms with Crippen molar-refractivity contribution in [1.29, 1.82) is 0 Å². The zero-order chi connectivity index (χ0) is 17.1. The number of amides is 1. The monoisotopic (exact) mass is 365 g/mol. The molecule has 0 spiro atoms. The van der Waals surface area contributed by atoms with Crippen molar-refractivity contribution in [2.45, 2.75) is 18.9 Å². The van der Waals surface area contributed by atoms with E-state index < -0.39 is 0 Å². The van der Waals surface area contributed by atoms with Crippen molar-refractivity contribution in [3.05, 3.63) is 57.8 Å². The molecule has 2 aromatic rings. The molecule has 0 bridgehead atoms. The highest BCUT2D eigenvalue weighted by Crippen LogP contribution is 2.25. The first-order valence-corrected chi connectivity index (χ1v) is 8.90. The van der Waals surface area contributed by atoms with Crippen LogP contribution in [0.15, 0.2) is 36.5 Å². The fourth-order valence-electron chi connectivity index (χ4n) is 3.22. The minimum atomic E-state index is -0.132. The smallest absolute Gasteiger partial charge is 0.251 e. The lowest BCUT2D eigenvalue weighted by Gasteiger charge is -2.28. The van der Waals surface area contributed by atoms with Gasteiger partial charge in [-0.1, -0.05) is 23.2 Å². The van der Waals surface area contributed by atoms with Gasteiger partial charge in [-0.25, -0.2) is 0 Å². The van der Waals surface area contributed by atoms with E-state index in [-0.39, 0.29) is 11.9 Å². The molecule has 1 aliphatic heterocycles. The molecule has 1 atom stereocenters. The van der Waals surface area contributed by atoms with Gasteiger partial charge in [-0.05, 0) is 56.3 Å². The Kier molecular flexibility index (Phi) is 5.49. The molecular formula is C18H21Cl2N3O. The average Bonchev–Trinajstić information content (AvgIpc) is 3.23.